The predicted octanol–water partition coefficient (Wildman–Crippen LogP) is 23.2. The van der Waals surface area contributed by atoms with Crippen LogP contribution < -0.4 is 0 Å². The zero-order valence-electron chi connectivity index (χ0n) is 53.8. The van der Waals surface area contributed by atoms with Crippen molar-refractivity contribution >= 4 is 76.2 Å². The van der Waals surface area contributed by atoms with Gasteiger partial charge < -0.3 is 8.80 Å². The lowest BCUT2D eigenvalue weighted by atomic mass is 9.71. The molecule has 0 atom stereocenters. The zero-order chi connectivity index (χ0) is 61.2. The van der Waals surface area contributed by atoms with Gasteiger partial charge in [-0.2, -0.15) is 0 Å². The Hall–Kier alpha value is -8.98. The van der Waals surface area contributed by atoms with Crippen LogP contribution in [0.4, 0.5) is 0 Å². The maximum absolute atomic E-state index is 2.69. The zero-order valence-corrected chi connectivity index (χ0v) is 53.8. The van der Waals surface area contributed by atoms with E-state index < -0.39 is 10.8 Å². The van der Waals surface area contributed by atoms with Crippen LogP contribution in [0.5, 0.6) is 0 Å². The average molecular weight is 1140 g/mol. The fraction of sp³-hybridized carbons (Fsp3) is 0.233. The van der Waals surface area contributed by atoms with Crippen LogP contribution in [-0.2, 0) is 32.5 Å². The highest BCUT2D eigenvalue weighted by Gasteiger charge is 2.36. The summed E-state index contributed by atoms with van der Waals surface area (Å²) in [7, 11) is 0. The second-order valence-electron chi connectivity index (χ2n) is 30.1. The summed E-state index contributed by atoms with van der Waals surface area (Å²) in [4.78, 5) is 0. The molecule has 0 aliphatic heterocycles. The molecule has 0 fully saturated rings. The molecule has 0 spiro atoms. The van der Waals surface area contributed by atoms with E-state index in [1.807, 2.05) is 0 Å². The molecule has 434 valence electrons. The molecule has 0 unspecified atom stereocenters. The number of nitrogens with zero attached hydrogens (tertiary/aromatic N) is 2. The van der Waals surface area contributed by atoms with Gasteiger partial charge in [-0.25, -0.2) is 0 Å². The maximum atomic E-state index is 2.69. The van der Waals surface area contributed by atoms with E-state index in [1.165, 1.54) is 154 Å². The number of fused-ring (bicyclic) bond motifs is 14. The summed E-state index contributed by atoms with van der Waals surface area (Å²) >= 11 is 0. The van der Waals surface area contributed by atoms with Crippen LogP contribution in [0.3, 0.4) is 0 Å². The third-order valence-corrected chi connectivity index (χ3v) is 20.5. The smallest absolute Gasteiger partial charge is 0.0634 e. The molecule has 4 aromatic heterocycles. The van der Waals surface area contributed by atoms with Crippen LogP contribution in [0, 0.1) is 0 Å². The summed E-state index contributed by atoms with van der Waals surface area (Å²) in [6.45, 7) is 33.0. The van der Waals surface area contributed by atoms with Crippen LogP contribution in [0.15, 0.2) is 231 Å². The summed E-state index contributed by atoms with van der Waals surface area (Å²) in [5, 5.41) is 10.3. The number of hydrogen-bond donors (Lipinski definition) is 0. The average Bonchev–Trinajstić information content (AvgIpc) is 1.49. The Balaban J connectivity index is 1.12. The Bertz CT molecular complexity index is 4740. The van der Waals surface area contributed by atoms with Gasteiger partial charge in [0.15, 0.2) is 0 Å². The summed E-state index contributed by atoms with van der Waals surface area (Å²) < 4.78 is 5.37. The normalized spacial score (nSPS) is 13.3. The van der Waals surface area contributed by atoms with Crippen molar-refractivity contribution in [2.75, 3.05) is 0 Å². The minimum absolute atomic E-state index is 0.0291. The first-order valence-electron chi connectivity index (χ1n) is 31.9. The van der Waals surface area contributed by atoms with Crippen molar-refractivity contribution < 1.29 is 0 Å². The van der Waals surface area contributed by atoms with E-state index in [1.54, 1.807) is 0 Å². The van der Waals surface area contributed by atoms with Crippen LogP contribution >= 0.6 is 0 Å². The molecule has 11 aromatic carbocycles. The summed E-state index contributed by atoms with van der Waals surface area (Å²) in [6, 6.07) is 89.0. The predicted molar refractivity (Wildman–Crippen MR) is 378 cm³/mol. The minimum Gasteiger partial charge on any atom is -0.308 e. The van der Waals surface area contributed by atoms with Gasteiger partial charge in [-0.3, -0.25) is 0 Å². The SMILES string of the molecule is CC(C)(C)c1cc(-c2ccc3c4c5c6ccc(C(C)(c7ccccc7)c7ccccc7)cc6n6c7cc(-c8cc(C(C)(C)C)cc(C(C)(C)C)c8)ccc7c(c7c8ccc(C(C)(c9ccccc9)c9ccccc9)cc8n(c3c2)c47)c56)cc(C(C)(C)C)c1. The lowest BCUT2D eigenvalue weighted by Gasteiger charge is -2.32. The Labute approximate surface area is 519 Å². The second-order valence-corrected chi connectivity index (χ2v) is 30.1. The second kappa shape index (κ2) is 19.3. The molecule has 0 saturated carbocycles. The first-order chi connectivity index (χ1) is 41.9. The van der Waals surface area contributed by atoms with Gasteiger partial charge in [-0.05, 0) is 138 Å². The van der Waals surface area contributed by atoms with Gasteiger partial charge in [0.2, 0.25) is 0 Å². The summed E-state index contributed by atoms with van der Waals surface area (Å²) in [5.41, 5.74) is 24.4. The Morgan fingerprint density at radius 3 is 0.716 bits per heavy atom. The third kappa shape index (κ3) is 8.34. The standard InChI is InChI=1S/C86H80N2/c1-81(2,3)63-43-55(44-64(49-63)82(4,5)6)53-35-39-67-71(47-53)87-73-51-61(85(13,57-27-19-15-20-28-57)58-29-21-16-22-30-58)37-41-69(73)78-76-68-40-36-54(56-45-65(83(7,8)9)50-66(46-56)84(10,11)12)48-72(68)88-74-52-62(38-42-70(74)77(80(76)88)75(67)79(78)87)86(14,59-31-23-17-24-32-59)60-33-25-18-26-34-60/h15-52H,1-14H3. The molecule has 0 aliphatic rings. The molecular weight excluding hydrogens is 1060 g/mol. The number of aromatic nitrogens is 2. The van der Waals surface area contributed by atoms with Crippen LogP contribution in [-0.4, -0.2) is 8.80 Å². The van der Waals surface area contributed by atoms with E-state index in [2.05, 4.69) is 336 Å². The lowest BCUT2D eigenvalue weighted by molar-refractivity contribution is 0.568. The molecule has 2 nitrogen and oxygen atoms in total. The van der Waals surface area contributed by atoms with Crippen molar-refractivity contribution in [3.8, 4) is 22.3 Å². The molecule has 4 heterocycles. The molecular formula is C86H80N2. The van der Waals surface area contributed by atoms with Gasteiger partial charge in [0.1, 0.15) is 0 Å². The van der Waals surface area contributed by atoms with E-state index >= 15 is 0 Å². The highest BCUT2D eigenvalue weighted by molar-refractivity contribution is 6.45. The molecule has 0 N–H and O–H groups in total. The fourth-order valence-corrected chi connectivity index (χ4v) is 15.1. The van der Waals surface area contributed by atoms with Crippen molar-refractivity contribution in [2.24, 2.45) is 0 Å². The molecule has 88 heavy (non-hydrogen) atoms. The van der Waals surface area contributed by atoms with E-state index in [0.29, 0.717) is 0 Å². The van der Waals surface area contributed by atoms with Gasteiger partial charge in [-0.15, -0.1) is 0 Å². The fourth-order valence-electron chi connectivity index (χ4n) is 15.1. The van der Waals surface area contributed by atoms with E-state index in [-0.39, 0.29) is 21.7 Å². The monoisotopic (exact) mass is 1140 g/mol. The highest BCUT2D eigenvalue weighted by atomic mass is 14.9. The maximum Gasteiger partial charge on any atom is 0.0634 e. The van der Waals surface area contributed by atoms with Crippen molar-refractivity contribution in [3.05, 3.63) is 286 Å². The molecule has 15 rings (SSSR count). The van der Waals surface area contributed by atoms with Crippen LogP contribution in [0.25, 0.3) is 98.4 Å². The van der Waals surface area contributed by atoms with Crippen molar-refractivity contribution in [1.82, 2.24) is 8.80 Å². The third-order valence-electron chi connectivity index (χ3n) is 20.5. The quantitative estimate of drug-likeness (QED) is 0.134. The van der Waals surface area contributed by atoms with Crippen LogP contribution in [0.1, 0.15) is 153 Å². The van der Waals surface area contributed by atoms with Crippen molar-refractivity contribution in [3.63, 3.8) is 0 Å². The van der Waals surface area contributed by atoms with Crippen molar-refractivity contribution in [1.29, 1.82) is 0 Å². The first kappa shape index (κ1) is 55.6. The van der Waals surface area contributed by atoms with Crippen LogP contribution in [0.2, 0.25) is 0 Å². The van der Waals surface area contributed by atoms with Gasteiger partial charge >= 0.3 is 0 Å². The van der Waals surface area contributed by atoms with Crippen molar-refractivity contribution in [2.45, 2.75) is 129 Å². The van der Waals surface area contributed by atoms with E-state index in [0.717, 1.165) is 0 Å². The molecule has 0 bridgehead atoms. The molecule has 15 aromatic rings. The first-order valence-corrected chi connectivity index (χ1v) is 31.9. The summed E-state index contributed by atoms with van der Waals surface area (Å²) in [6.07, 6.45) is 0. The number of hydrogen-bond acceptors (Lipinski definition) is 0. The van der Waals surface area contributed by atoms with Gasteiger partial charge in [0, 0.05) is 53.9 Å². The lowest BCUT2D eigenvalue weighted by Crippen LogP contribution is -2.25. The Morgan fingerprint density at radius 2 is 0.455 bits per heavy atom. The largest absolute Gasteiger partial charge is 0.308 e. The molecule has 0 aliphatic carbocycles. The Kier molecular flexibility index (Phi) is 12.2. The van der Waals surface area contributed by atoms with E-state index in [9.17, 15) is 0 Å². The number of benzene rings is 11. The highest BCUT2D eigenvalue weighted by Crippen LogP contribution is 2.54. The topological polar surface area (TPSA) is 8.82 Å². The molecule has 0 radical (unpaired) electrons. The summed E-state index contributed by atoms with van der Waals surface area (Å²) in [5.74, 6) is 0. The van der Waals surface area contributed by atoms with Gasteiger partial charge in [0.25, 0.3) is 0 Å². The van der Waals surface area contributed by atoms with Gasteiger partial charge in [-0.1, -0.05) is 289 Å². The molecule has 0 amide bonds. The van der Waals surface area contributed by atoms with E-state index in [4.69, 9.17) is 0 Å². The molecule has 0 saturated heterocycles. The Morgan fingerprint density at radius 1 is 0.205 bits per heavy atom. The minimum atomic E-state index is -0.448. The van der Waals surface area contributed by atoms with Gasteiger partial charge in [0.05, 0.1) is 33.1 Å². The number of rotatable bonds is 8. The molecule has 2 heteroatoms.